The Labute approximate surface area is 136 Å². The highest BCUT2D eigenvalue weighted by Crippen LogP contribution is 2.29. The molecule has 0 saturated heterocycles. The number of carboxylic acid groups (broad SMARTS) is 1. The number of carbonyl (C=O) groups is 1. The van der Waals surface area contributed by atoms with Crippen molar-refractivity contribution in [2.75, 3.05) is 6.61 Å². The lowest BCUT2D eigenvalue weighted by Crippen LogP contribution is -2.12. The number of ether oxygens (including phenoxy) is 1. The second-order valence-electron chi connectivity index (χ2n) is 6.00. The van der Waals surface area contributed by atoms with Gasteiger partial charge in [-0.15, -0.1) is 0 Å². The molecule has 23 heavy (non-hydrogen) atoms. The summed E-state index contributed by atoms with van der Waals surface area (Å²) < 4.78 is 5.72. The van der Waals surface area contributed by atoms with Gasteiger partial charge in [0.25, 0.3) is 0 Å². The molecule has 4 heteroatoms. The molecule has 4 nitrogen and oxygen atoms in total. The fourth-order valence-electron chi connectivity index (χ4n) is 2.32. The van der Waals surface area contributed by atoms with E-state index in [1.807, 2.05) is 24.3 Å². The molecule has 2 aromatic carbocycles. The second-order valence-corrected chi connectivity index (χ2v) is 6.00. The SMILES string of the molecule is O=C(O)c1ccc(CNCc2ccc(OCC3CC3)cc2)cc1. The maximum absolute atomic E-state index is 10.8. The summed E-state index contributed by atoms with van der Waals surface area (Å²) in [6.45, 7) is 2.31. The van der Waals surface area contributed by atoms with E-state index in [0.29, 0.717) is 12.1 Å². The Balaban J connectivity index is 1.43. The number of hydrogen-bond donors (Lipinski definition) is 2. The molecule has 0 unspecified atom stereocenters. The van der Waals surface area contributed by atoms with E-state index in [1.54, 1.807) is 12.1 Å². The predicted molar refractivity (Wildman–Crippen MR) is 88.6 cm³/mol. The van der Waals surface area contributed by atoms with Gasteiger partial charge in [0.1, 0.15) is 5.75 Å². The summed E-state index contributed by atoms with van der Waals surface area (Å²) in [4.78, 5) is 10.8. The standard InChI is InChI=1S/C19H21NO3/c21-19(22)17-7-3-14(4-8-17)11-20-12-15-5-9-18(10-6-15)23-13-16-1-2-16/h3-10,16,20H,1-2,11-13H2,(H,21,22). The van der Waals surface area contributed by atoms with Crippen molar-refractivity contribution in [3.63, 3.8) is 0 Å². The predicted octanol–water partition coefficient (Wildman–Crippen LogP) is 3.46. The first-order valence-corrected chi connectivity index (χ1v) is 7.95. The van der Waals surface area contributed by atoms with Crippen LogP contribution in [0.2, 0.25) is 0 Å². The van der Waals surface area contributed by atoms with Gasteiger partial charge in [0, 0.05) is 13.1 Å². The maximum Gasteiger partial charge on any atom is 0.335 e. The molecule has 1 fully saturated rings. The molecule has 3 rings (SSSR count). The molecule has 2 N–H and O–H groups in total. The molecule has 1 aliphatic rings. The summed E-state index contributed by atoms with van der Waals surface area (Å²) in [6.07, 6.45) is 2.60. The number of carboxylic acids is 1. The fraction of sp³-hybridized carbons (Fsp3) is 0.316. The molecule has 1 saturated carbocycles. The summed E-state index contributed by atoms with van der Waals surface area (Å²) in [6, 6.07) is 15.1. The Hall–Kier alpha value is -2.33. The zero-order valence-electron chi connectivity index (χ0n) is 13.0. The van der Waals surface area contributed by atoms with Crippen molar-refractivity contribution >= 4 is 5.97 Å². The van der Waals surface area contributed by atoms with Gasteiger partial charge in [0.2, 0.25) is 0 Å². The number of benzene rings is 2. The van der Waals surface area contributed by atoms with Crippen molar-refractivity contribution in [1.82, 2.24) is 5.32 Å². The fourth-order valence-corrected chi connectivity index (χ4v) is 2.32. The van der Waals surface area contributed by atoms with Gasteiger partial charge in [-0.3, -0.25) is 0 Å². The van der Waals surface area contributed by atoms with E-state index < -0.39 is 5.97 Å². The molecule has 120 valence electrons. The Bertz CT molecular complexity index is 645. The number of nitrogens with one attached hydrogen (secondary N) is 1. The number of aromatic carboxylic acids is 1. The van der Waals surface area contributed by atoms with Crippen LogP contribution in [0.25, 0.3) is 0 Å². The Kier molecular flexibility index (Phi) is 4.93. The van der Waals surface area contributed by atoms with Crippen LogP contribution in [0.3, 0.4) is 0 Å². The topological polar surface area (TPSA) is 58.6 Å². The summed E-state index contributed by atoms with van der Waals surface area (Å²) in [5, 5.41) is 12.2. The van der Waals surface area contributed by atoms with Crippen molar-refractivity contribution in [3.05, 3.63) is 65.2 Å². The van der Waals surface area contributed by atoms with E-state index in [-0.39, 0.29) is 0 Å². The molecule has 0 radical (unpaired) electrons. The van der Waals surface area contributed by atoms with Crippen molar-refractivity contribution in [2.45, 2.75) is 25.9 Å². The molecule has 0 bridgehead atoms. The van der Waals surface area contributed by atoms with Crippen LogP contribution in [0.15, 0.2) is 48.5 Å². The van der Waals surface area contributed by atoms with E-state index in [4.69, 9.17) is 9.84 Å². The Morgan fingerprint density at radius 2 is 1.57 bits per heavy atom. The third-order valence-electron chi connectivity index (χ3n) is 3.97. The van der Waals surface area contributed by atoms with Crippen molar-refractivity contribution in [3.8, 4) is 5.75 Å². The normalized spacial score (nSPS) is 13.7. The molecule has 0 spiro atoms. The quantitative estimate of drug-likeness (QED) is 0.784. The van der Waals surface area contributed by atoms with Gasteiger partial charge in [-0.2, -0.15) is 0 Å². The van der Waals surface area contributed by atoms with Crippen molar-refractivity contribution < 1.29 is 14.6 Å². The molecule has 0 amide bonds. The number of hydrogen-bond acceptors (Lipinski definition) is 3. The largest absolute Gasteiger partial charge is 0.493 e. The third kappa shape index (κ3) is 4.83. The molecular weight excluding hydrogens is 290 g/mol. The molecule has 0 heterocycles. The number of rotatable bonds is 8. The minimum Gasteiger partial charge on any atom is -0.493 e. The monoisotopic (exact) mass is 311 g/mol. The smallest absolute Gasteiger partial charge is 0.335 e. The zero-order chi connectivity index (χ0) is 16.1. The van der Waals surface area contributed by atoms with Crippen LogP contribution in [0.4, 0.5) is 0 Å². The second kappa shape index (κ2) is 7.29. The van der Waals surface area contributed by atoms with Gasteiger partial charge in [0.15, 0.2) is 0 Å². The molecular formula is C19H21NO3. The van der Waals surface area contributed by atoms with Gasteiger partial charge in [-0.05, 0) is 54.2 Å². The van der Waals surface area contributed by atoms with Crippen LogP contribution in [0, 0.1) is 5.92 Å². The highest BCUT2D eigenvalue weighted by atomic mass is 16.5. The van der Waals surface area contributed by atoms with Crippen LogP contribution < -0.4 is 10.1 Å². The van der Waals surface area contributed by atoms with Crippen LogP contribution in [-0.4, -0.2) is 17.7 Å². The lowest BCUT2D eigenvalue weighted by atomic mass is 10.1. The van der Waals surface area contributed by atoms with E-state index >= 15 is 0 Å². The highest BCUT2D eigenvalue weighted by molar-refractivity contribution is 5.87. The Morgan fingerprint density at radius 1 is 1.00 bits per heavy atom. The molecule has 1 aliphatic carbocycles. The van der Waals surface area contributed by atoms with Crippen LogP contribution in [-0.2, 0) is 13.1 Å². The summed E-state index contributed by atoms with van der Waals surface area (Å²) in [5.41, 5.74) is 2.58. The van der Waals surface area contributed by atoms with Gasteiger partial charge >= 0.3 is 5.97 Å². The van der Waals surface area contributed by atoms with Crippen molar-refractivity contribution in [2.24, 2.45) is 5.92 Å². The first-order chi connectivity index (χ1) is 11.2. The van der Waals surface area contributed by atoms with Crippen LogP contribution in [0.1, 0.15) is 34.3 Å². The Morgan fingerprint density at radius 3 is 2.09 bits per heavy atom. The van der Waals surface area contributed by atoms with Gasteiger partial charge in [0.05, 0.1) is 12.2 Å². The molecule has 0 atom stereocenters. The first kappa shape index (κ1) is 15.6. The summed E-state index contributed by atoms with van der Waals surface area (Å²) >= 11 is 0. The van der Waals surface area contributed by atoms with Gasteiger partial charge in [-0.1, -0.05) is 24.3 Å². The van der Waals surface area contributed by atoms with E-state index in [2.05, 4.69) is 17.4 Å². The lowest BCUT2D eigenvalue weighted by Gasteiger charge is -2.08. The van der Waals surface area contributed by atoms with Crippen molar-refractivity contribution in [1.29, 1.82) is 0 Å². The van der Waals surface area contributed by atoms with E-state index in [9.17, 15) is 4.79 Å². The average molecular weight is 311 g/mol. The average Bonchev–Trinajstić information content (AvgIpc) is 3.39. The van der Waals surface area contributed by atoms with Gasteiger partial charge in [-0.25, -0.2) is 4.79 Å². The van der Waals surface area contributed by atoms with E-state index in [1.165, 1.54) is 18.4 Å². The molecule has 2 aromatic rings. The summed E-state index contributed by atoms with van der Waals surface area (Å²) in [5.74, 6) is 0.808. The lowest BCUT2D eigenvalue weighted by molar-refractivity contribution is 0.0697. The maximum atomic E-state index is 10.8. The minimum atomic E-state index is -0.895. The van der Waals surface area contributed by atoms with E-state index in [0.717, 1.165) is 30.4 Å². The molecule has 0 aliphatic heterocycles. The third-order valence-corrected chi connectivity index (χ3v) is 3.97. The van der Waals surface area contributed by atoms with Gasteiger partial charge < -0.3 is 15.2 Å². The van der Waals surface area contributed by atoms with Crippen LogP contribution in [0.5, 0.6) is 5.75 Å². The molecule has 0 aromatic heterocycles. The first-order valence-electron chi connectivity index (χ1n) is 7.95. The highest BCUT2D eigenvalue weighted by Gasteiger charge is 2.21. The minimum absolute atomic E-state index is 0.315. The summed E-state index contributed by atoms with van der Waals surface area (Å²) in [7, 11) is 0. The zero-order valence-corrected chi connectivity index (χ0v) is 13.0. The van der Waals surface area contributed by atoms with Crippen LogP contribution >= 0.6 is 0 Å².